The van der Waals surface area contributed by atoms with Gasteiger partial charge in [-0.2, -0.15) is 0 Å². The summed E-state index contributed by atoms with van der Waals surface area (Å²) in [5.41, 5.74) is 4.76. The van der Waals surface area contributed by atoms with Crippen molar-refractivity contribution in [2.24, 2.45) is 0 Å². The fourth-order valence-corrected chi connectivity index (χ4v) is 4.11. The molecular formula is C30H30O4. The molecule has 4 heteroatoms. The van der Waals surface area contributed by atoms with Gasteiger partial charge in [0.1, 0.15) is 11.4 Å². The van der Waals surface area contributed by atoms with E-state index < -0.39 is 17.5 Å². The molecular weight excluding hydrogens is 424 g/mol. The van der Waals surface area contributed by atoms with Crippen LogP contribution in [0.15, 0.2) is 78.9 Å². The maximum atomic E-state index is 12.8. The summed E-state index contributed by atoms with van der Waals surface area (Å²) in [6, 6.07) is 22.4. The third kappa shape index (κ3) is 5.12. The van der Waals surface area contributed by atoms with Crippen LogP contribution in [0.1, 0.15) is 78.4 Å². The Morgan fingerprint density at radius 1 is 0.824 bits per heavy atom. The Bertz CT molecular complexity index is 1240. The third-order valence-electron chi connectivity index (χ3n) is 5.88. The van der Waals surface area contributed by atoms with Crippen LogP contribution >= 0.6 is 0 Å². The van der Waals surface area contributed by atoms with Gasteiger partial charge in [0, 0.05) is 0 Å². The maximum Gasteiger partial charge on any atom is 0.343 e. The Kier molecular flexibility index (Phi) is 6.18. The van der Waals surface area contributed by atoms with E-state index in [1.807, 2.05) is 51.1 Å². The number of esters is 2. The molecule has 0 spiro atoms. The molecule has 4 nitrogen and oxygen atoms in total. The molecule has 0 amide bonds. The second-order valence-electron chi connectivity index (χ2n) is 10.2. The van der Waals surface area contributed by atoms with Crippen LogP contribution in [0.3, 0.4) is 0 Å². The van der Waals surface area contributed by atoms with Crippen LogP contribution in [0, 0.1) is 0 Å². The van der Waals surface area contributed by atoms with Crippen molar-refractivity contribution in [3.05, 3.63) is 107 Å². The van der Waals surface area contributed by atoms with E-state index in [2.05, 4.69) is 38.1 Å². The Balaban J connectivity index is 1.57. The van der Waals surface area contributed by atoms with Gasteiger partial charge in [0.25, 0.3) is 0 Å². The number of hydrogen-bond donors (Lipinski definition) is 0. The number of rotatable bonds is 4. The van der Waals surface area contributed by atoms with Crippen molar-refractivity contribution in [1.82, 2.24) is 0 Å². The molecule has 1 aliphatic rings. The Labute approximate surface area is 201 Å². The minimum absolute atomic E-state index is 0.00630. The summed E-state index contributed by atoms with van der Waals surface area (Å²) in [6.07, 6.45) is 3.20. The summed E-state index contributed by atoms with van der Waals surface area (Å²) in [4.78, 5) is 25.0. The van der Waals surface area contributed by atoms with Gasteiger partial charge in [0.2, 0.25) is 0 Å². The fraction of sp³-hybridized carbons (Fsp3) is 0.267. The van der Waals surface area contributed by atoms with Gasteiger partial charge in [-0.1, -0.05) is 56.3 Å². The Morgan fingerprint density at radius 3 is 2.06 bits per heavy atom. The van der Waals surface area contributed by atoms with Crippen molar-refractivity contribution in [3.63, 3.8) is 0 Å². The van der Waals surface area contributed by atoms with Crippen LogP contribution in [0.2, 0.25) is 0 Å². The zero-order valence-corrected chi connectivity index (χ0v) is 20.3. The molecule has 174 valence electrons. The SMILES string of the molecule is CC(C)(C)OC(=O)c1ccc(C(=O)Oc2ccc3c(c2)C(c2ccccc2)=CCC3(C)C)cc1. The zero-order chi connectivity index (χ0) is 24.5. The summed E-state index contributed by atoms with van der Waals surface area (Å²) in [5.74, 6) is -0.416. The lowest BCUT2D eigenvalue weighted by Crippen LogP contribution is -2.24. The van der Waals surface area contributed by atoms with Crippen molar-refractivity contribution in [2.75, 3.05) is 0 Å². The van der Waals surface area contributed by atoms with Gasteiger partial charge in [-0.25, -0.2) is 9.59 Å². The van der Waals surface area contributed by atoms with E-state index in [1.54, 1.807) is 24.3 Å². The largest absolute Gasteiger partial charge is 0.456 e. The highest BCUT2D eigenvalue weighted by Gasteiger charge is 2.29. The molecule has 0 unspecified atom stereocenters. The molecule has 0 bridgehead atoms. The predicted molar refractivity (Wildman–Crippen MR) is 134 cm³/mol. The van der Waals surface area contributed by atoms with Crippen molar-refractivity contribution >= 4 is 17.5 Å². The first-order chi connectivity index (χ1) is 16.0. The average Bonchev–Trinajstić information content (AvgIpc) is 2.78. The van der Waals surface area contributed by atoms with Gasteiger partial charge >= 0.3 is 11.9 Å². The van der Waals surface area contributed by atoms with Gasteiger partial charge in [-0.15, -0.1) is 0 Å². The standard InChI is InChI=1S/C30H30O4/c1-29(2,3)34-28(32)22-13-11-21(12-14-22)27(31)33-23-15-16-26-25(19-23)24(17-18-30(26,4)5)20-9-7-6-8-10-20/h6-17,19H,18H2,1-5H3. The smallest absolute Gasteiger partial charge is 0.343 e. The minimum atomic E-state index is -0.581. The van der Waals surface area contributed by atoms with E-state index in [-0.39, 0.29) is 5.41 Å². The van der Waals surface area contributed by atoms with E-state index in [0.29, 0.717) is 16.9 Å². The molecule has 34 heavy (non-hydrogen) atoms. The molecule has 0 saturated carbocycles. The van der Waals surface area contributed by atoms with Crippen LogP contribution in [-0.4, -0.2) is 17.5 Å². The maximum absolute atomic E-state index is 12.8. The molecule has 0 heterocycles. The minimum Gasteiger partial charge on any atom is -0.456 e. The number of carbonyl (C=O) groups is 2. The number of benzene rings is 3. The third-order valence-corrected chi connectivity index (χ3v) is 5.88. The number of ether oxygens (including phenoxy) is 2. The summed E-state index contributed by atoms with van der Waals surface area (Å²) in [5, 5.41) is 0. The van der Waals surface area contributed by atoms with E-state index in [9.17, 15) is 9.59 Å². The monoisotopic (exact) mass is 454 g/mol. The first-order valence-corrected chi connectivity index (χ1v) is 11.5. The number of carbonyl (C=O) groups excluding carboxylic acids is 2. The normalized spacial score (nSPS) is 14.6. The van der Waals surface area contributed by atoms with Crippen molar-refractivity contribution in [2.45, 2.75) is 52.1 Å². The van der Waals surface area contributed by atoms with Gasteiger partial charge in [-0.3, -0.25) is 0 Å². The van der Waals surface area contributed by atoms with E-state index in [4.69, 9.17) is 9.47 Å². The highest BCUT2D eigenvalue weighted by Crippen LogP contribution is 2.42. The number of hydrogen-bond acceptors (Lipinski definition) is 4. The molecule has 0 aliphatic heterocycles. The molecule has 4 rings (SSSR count). The van der Waals surface area contributed by atoms with E-state index in [0.717, 1.165) is 23.1 Å². The van der Waals surface area contributed by atoms with Crippen LogP contribution < -0.4 is 4.74 Å². The first kappa shape index (κ1) is 23.5. The van der Waals surface area contributed by atoms with Crippen LogP contribution in [0.25, 0.3) is 5.57 Å². The molecule has 0 atom stereocenters. The van der Waals surface area contributed by atoms with Crippen LogP contribution in [0.4, 0.5) is 0 Å². The van der Waals surface area contributed by atoms with E-state index in [1.165, 1.54) is 5.56 Å². The average molecular weight is 455 g/mol. The molecule has 0 N–H and O–H groups in total. The van der Waals surface area contributed by atoms with Gasteiger partial charge in [0.05, 0.1) is 11.1 Å². The summed E-state index contributed by atoms with van der Waals surface area (Å²) < 4.78 is 11.1. The highest BCUT2D eigenvalue weighted by molar-refractivity contribution is 5.94. The molecule has 0 aromatic heterocycles. The lowest BCUT2D eigenvalue weighted by molar-refractivity contribution is 0.00691. The van der Waals surface area contributed by atoms with Gasteiger partial charge in [-0.05, 0) is 91.3 Å². The number of allylic oxidation sites excluding steroid dienone is 1. The van der Waals surface area contributed by atoms with Crippen molar-refractivity contribution in [1.29, 1.82) is 0 Å². The summed E-state index contributed by atoms with van der Waals surface area (Å²) in [6.45, 7) is 9.89. The highest BCUT2D eigenvalue weighted by atomic mass is 16.6. The zero-order valence-electron chi connectivity index (χ0n) is 20.3. The fourth-order valence-electron chi connectivity index (χ4n) is 4.11. The Morgan fingerprint density at radius 2 is 1.44 bits per heavy atom. The van der Waals surface area contributed by atoms with Gasteiger partial charge < -0.3 is 9.47 Å². The second kappa shape index (κ2) is 8.94. The molecule has 0 radical (unpaired) electrons. The van der Waals surface area contributed by atoms with Crippen LogP contribution in [-0.2, 0) is 10.2 Å². The molecule has 0 saturated heterocycles. The Hall–Kier alpha value is -3.66. The topological polar surface area (TPSA) is 52.6 Å². The molecule has 1 aliphatic carbocycles. The lowest BCUT2D eigenvalue weighted by atomic mass is 9.72. The van der Waals surface area contributed by atoms with Crippen molar-refractivity contribution in [3.8, 4) is 5.75 Å². The molecule has 3 aromatic rings. The number of fused-ring (bicyclic) bond motifs is 1. The van der Waals surface area contributed by atoms with Crippen molar-refractivity contribution < 1.29 is 19.1 Å². The summed E-state index contributed by atoms with van der Waals surface area (Å²) in [7, 11) is 0. The second-order valence-corrected chi connectivity index (χ2v) is 10.2. The van der Waals surface area contributed by atoms with E-state index >= 15 is 0 Å². The van der Waals surface area contributed by atoms with Crippen LogP contribution in [0.5, 0.6) is 5.75 Å². The quantitative estimate of drug-likeness (QED) is 0.315. The molecule has 3 aromatic carbocycles. The predicted octanol–water partition coefficient (Wildman–Crippen LogP) is 6.97. The first-order valence-electron chi connectivity index (χ1n) is 11.5. The lowest BCUT2D eigenvalue weighted by Gasteiger charge is -2.32. The van der Waals surface area contributed by atoms with Gasteiger partial charge in [0.15, 0.2) is 0 Å². The molecule has 0 fully saturated rings. The summed E-state index contributed by atoms with van der Waals surface area (Å²) >= 11 is 0.